The van der Waals surface area contributed by atoms with Gasteiger partial charge in [0.1, 0.15) is 19.3 Å². The molecule has 0 spiro atoms. The second-order valence-electron chi connectivity index (χ2n) is 30.2. The maximum Gasteiger partial charge on any atom is 0.472 e. The molecule has 0 rings (SSSR count). The molecule has 17 nitrogen and oxygen atoms in total. The fourth-order valence-corrected chi connectivity index (χ4v) is 13.8. The van der Waals surface area contributed by atoms with Gasteiger partial charge in [-0.1, -0.05) is 357 Å². The molecular formula is C80H156O17P2. The molecule has 7 atom stereocenters. The molecule has 0 fully saturated rings. The molecule has 19 heteroatoms. The minimum absolute atomic E-state index is 0.102. The molecule has 0 amide bonds. The number of aliphatic hydroxyl groups excluding tert-OH is 1. The molecule has 0 aliphatic rings. The number of ether oxygens (including phenoxy) is 4. The van der Waals surface area contributed by atoms with Gasteiger partial charge in [-0.25, -0.2) is 9.13 Å². The third-order valence-corrected chi connectivity index (χ3v) is 21.2. The SMILES string of the molecule is CCC(C)CCCCCCCCCCCCCCCCCCCCC(=O)O[C@H](COC(=O)CCCCCCCCCC(C)C)COP(=O)(O)OCC(O)COP(=O)(O)OC[C@@H](COC(=O)CCCCCCCCCCCCCCCCC(C)CC)OC(=O)CCCCCCCCC(C)C. The van der Waals surface area contributed by atoms with Crippen molar-refractivity contribution in [3.63, 3.8) is 0 Å². The van der Waals surface area contributed by atoms with Crippen LogP contribution >= 0.6 is 15.6 Å². The van der Waals surface area contributed by atoms with Gasteiger partial charge < -0.3 is 33.8 Å². The summed E-state index contributed by atoms with van der Waals surface area (Å²) in [5.74, 6) is 0.973. The van der Waals surface area contributed by atoms with Crippen LogP contribution in [0, 0.1) is 23.7 Å². The molecule has 3 N–H and O–H groups in total. The van der Waals surface area contributed by atoms with Gasteiger partial charge in [0, 0.05) is 25.7 Å². The van der Waals surface area contributed by atoms with E-state index in [0.717, 1.165) is 108 Å². The lowest BCUT2D eigenvalue weighted by Gasteiger charge is -2.21. The highest BCUT2D eigenvalue weighted by atomic mass is 31.2. The van der Waals surface area contributed by atoms with Crippen LogP contribution in [0.3, 0.4) is 0 Å². The molecule has 0 aromatic rings. The van der Waals surface area contributed by atoms with E-state index in [-0.39, 0.29) is 25.7 Å². The van der Waals surface area contributed by atoms with Crippen LogP contribution in [0.2, 0.25) is 0 Å². The van der Waals surface area contributed by atoms with Gasteiger partial charge in [-0.3, -0.25) is 37.3 Å². The van der Waals surface area contributed by atoms with Gasteiger partial charge in [0.05, 0.1) is 26.4 Å². The van der Waals surface area contributed by atoms with Crippen LogP contribution in [0.4, 0.5) is 0 Å². The van der Waals surface area contributed by atoms with Crippen LogP contribution < -0.4 is 0 Å². The highest BCUT2D eigenvalue weighted by Gasteiger charge is 2.30. The number of aliphatic hydroxyl groups is 1. The van der Waals surface area contributed by atoms with Crippen molar-refractivity contribution in [2.45, 2.75) is 427 Å². The van der Waals surface area contributed by atoms with Crippen LogP contribution in [0.15, 0.2) is 0 Å². The summed E-state index contributed by atoms with van der Waals surface area (Å²) in [6.45, 7) is 14.2. The minimum Gasteiger partial charge on any atom is -0.462 e. The summed E-state index contributed by atoms with van der Waals surface area (Å²) >= 11 is 0. The van der Waals surface area contributed by atoms with Crippen LogP contribution in [-0.2, 0) is 65.4 Å². The standard InChI is InChI=1S/C80H156O17P2/c1-9-72(7)58-50-42-33-27-23-19-15-13-11-12-14-16-22-26-30-36-46-54-62-79(84)96-75(66-91-78(83)61-53-45-37-31-32-40-48-56-70(3)4)68-94-98(86,87)92-64-74(81)65-93-99(88,89)95-69-76(97-80(85)63-55-47-39-38-41-49-57-71(5)6)67-90-77(82)60-52-44-35-29-25-21-18-17-20-24-28-34-43-51-59-73(8)10-2/h70-76,81H,9-69H2,1-8H3,(H,86,87)(H,88,89)/t72?,73?,74?,75-,76-/m1/s1. The second kappa shape index (κ2) is 69.1. The Labute approximate surface area is 607 Å². The maximum absolute atomic E-state index is 13.1. The number of carbonyl (C=O) groups is 4. The molecule has 0 aliphatic heterocycles. The van der Waals surface area contributed by atoms with Crippen molar-refractivity contribution >= 4 is 39.5 Å². The molecule has 99 heavy (non-hydrogen) atoms. The summed E-state index contributed by atoms with van der Waals surface area (Å²) in [5, 5.41) is 10.6. The Balaban J connectivity index is 5.12. The van der Waals surface area contributed by atoms with Crippen LogP contribution in [-0.4, -0.2) is 96.7 Å². The summed E-state index contributed by atoms with van der Waals surface area (Å²) in [5.41, 5.74) is 0. The molecule has 0 saturated heterocycles. The van der Waals surface area contributed by atoms with Gasteiger partial charge in [0.15, 0.2) is 12.2 Å². The molecule has 0 saturated carbocycles. The molecule has 0 heterocycles. The van der Waals surface area contributed by atoms with Crippen molar-refractivity contribution in [3.8, 4) is 0 Å². The number of rotatable bonds is 77. The number of hydrogen-bond acceptors (Lipinski definition) is 15. The summed E-state index contributed by atoms with van der Waals surface area (Å²) in [7, 11) is -9.92. The first-order valence-corrected chi connectivity index (χ1v) is 44.3. The normalized spacial score (nSPS) is 14.6. The third-order valence-electron chi connectivity index (χ3n) is 19.3. The van der Waals surface area contributed by atoms with Gasteiger partial charge in [-0.2, -0.15) is 0 Å². The van der Waals surface area contributed by atoms with E-state index >= 15 is 0 Å². The Morgan fingerprint density at radius 3 is 0.717 bits per heavy atom. The average molecular weight is 1450 g/mol. The molecule has 0 aromatic heterocycles. The lowest BCUT2D eigenvalue weighted by atomic mass is 9.99. The molecular weight excluding hydrogens is 1290 g/mol. The van der Waals surface area contributed by atoms with Gasteiger partial charge in [-0.05, 0) is 49.4 Å². The zero-order valence-corrected chi connectivity index (χ0v) is 66.9. The molecule has 588 valence electrons. The molecule has 5 unspecified atom stereocenters. The second-order valence-corrected chi connectivity index (χ2v) is 33.1. The van der Waals surface area contributed by atoms with Crippen LogP contribution in [0.25, 0.3) is 0 Å². The van der Waals surface area contributed by atoms with E-state index in [4.69, 9.17) is 37.0 Å². The fraction of sp³-hybridized carbons (Fsp3) is 0.950. The Morgan fingerprint density at radius 2 is 0.485 bits per heavy atom. The number of unbranched alkanes of at least 4 members (excludes halogenated alkanes) is 41. The van der Waals surface area contributed by atoms with Crippen molar-refractivity contribution in [1.82, 2.24) is 0 Å². The number of carbonyl (C=O) groups excluding carboxylic acids is 4. The lowest BCUT2D eigenvalue weighted by Crippen LogP contribution is -2.30. The summed E-state index contributed by atoms with van der Waals surface area (Å²) in [4.78, 5) is 72.8. The van der Waals surface area contributed by atoms with E-state index in [0.29, 0.717) is 37.5 Å². The quantitative estimate of drug-likeness (QED) is 0.0222. The van der Waals surface area contributed by atoms with E-state index in [9.17, 15) is 43.2 Å². The lowest BCUT2D eigenvalue weighted by molar-refractivity contribution is -0.161. The Kier molecular flexibility index (Phi) is 67.8. The summed E-state index contributed by atoms with van der Waals surface area (Å²) in [6, 6.07) is 0. The Morgan fingerprint density at radius 1 is 0.283 bits per heavy atom. The van der Waals surface area contributed by atoms with Gasteiger partial charge >= 0.3 is 39.5 Å². The molecule has 0 aromatic carbocycles. The first-order valence-electron chi connectivity index (χ1n) is 41.3. The zero-order valence-electron chi connectivity index (χ0n) is 65.1. The highest BCUT2D eigenvalue weighted by molar-refractivity contribution is 7.47. The monoisotopic (exact) mass is 1450 g/mol. The van der Waals surface area contributed by atoms with Crippen molar-refractivity contribution < 1.29 is 80.2 Å². The number of phosphoric ester groups is 2. The predicted octanol–water partition coefficient (Wildman–Crippen LogP) is 23.6. The predicted molar refractivity (Wildman–Crippen MR) is 404 cm³/mol. The third kappa shape index (κ3) is 71.5. The van der Waals surface area contributed by atoms with Crippen LogP contribution in [0.5, 0.6) is 0 Å². The van der Waals surface area contributed by atoms with Crippen molar-refractivity contribution in [2.24, 2.45) is 23.7 Å². The highest BCUT2D eigenvalue weighted by Crippen LogP contribution is 2.45. The Hall–Kier alpha value is -1.94. The topological polar surface area (TPSA) is 237 Å². The maximum atomic E-state index is 13.1. The molecule has 0 aliphatic carbocycles. The van der Waals surface area contributed by atoms with E-state index < -0.39 is 97.5 Å². The van der Waals surface area contributed by atoms with Crippen molar-refractivity contribution in [2.75, 3.05) is 39.6 Å². The van der Waals surface area contributed by atoms with Crippen LogP contribution in [0.1, 0.15) is 409 Å². The first kappa shape index (κ1) is 97.1. The molecule has 0 bridgehead atoms. The van der Waals surface area contributed by atoms with Gasteiger partial charge in [0.25, 0.3) is 0 Å². The number of phosphoric acid groups is 2. The van der Waals surface area contributed by atoms with E-state index in [1.165, 1.54) is 205 Å². The number of hydrogen-bond donors (Lipinski definition) is 3. The first-order chi connectivity index (χ1) is 47.7. The van der Waals surface area contributed by atoms with E-state index in [2.05, 4.69) is 55.4 Å². The van der Waals surface area contributed by atoms with Crippen molar-refractivity contribution in [1.29, 1.82) is 0 Å². The van der Waals surface area contributed by atoms with Gasteiger partial charge in [0.2, 0.25) is 0 Å². The zero-order chi connectivity index (χ0) is 73.1. The number of esters is 4. The van der Waals surface area contributed by atoms with Gasteiger partial charge in [-0.15, -0.1) is 0 Å². The Bertz CT molecular complexity index is 1940. The van der Waals surface area contributed by atoms with E-state index in [1.54, 1.807) is 0 Å². The fourth-order valence-electron chi connectivity index (χ4n) is 12.2. The average Bonchev–Trinajstić information content (AvgIpc) is 1.33. The van der Waals surface area contributed by atoms with Crippen molar-refractivity contribution in [3.05, 3.63) is 0 Å². The largest absolute Gasteiger partial charge is 0.472 e. The molecule has 0 radical (unpaired) electrons. The van der Waals surface area contributed by atoms with E-state index in [1.807, 2.05) is 0 Å². The summed E-state index contributed by atoms with van der Waals surface area (Å²) in [6.07, 6.45) is 55.8. The smallest absolute Gasteiger partial charge is 0.462 e. The minimum atomic E-state index is -4.96. The summed E-state index contributed by atoms with van der Waals surface area (Å²) < 4.78 is 68.5.